The lowest BCUT2D eigenvalue weighted by atomic mass is 9.99. The number of carbonyl (C=O) groups excluding carboxylic acids is 1. The third-order valence-electron chi connectivity index (χ3n) is 4.09. The molecule has 0 radical (unpaired) electrons. The predicted molar refractivity (Wildman–Crippen MR) is 88.7 cm³/mol. The highest BCUT2D eigenvalue weighted by molar-refractivity contribution is 5.82. The predicted octanol–water partition coefficient (Wildman–Crippen LogP) is 1.97. The topological polar surface area (TPSA) is 94.9 Å². The quantitative estimate of drug-likeness (QED) is 0.798. The summed E-state index contributed by atoms with van der Waals surface area (Å²) in [5.74, 6) is -0.0716. The van der Waals surface area contributed by atoms with Crippen molar-refractivity contribution in [1.82, 2.24) is 4.90 Å². The molecule has 0 N–H and O–H groups in total. The highest BCUT2D eigenvalue weighted by Gasteiger charge is 2.22. The van der Waals surface area contributed by atoms with E-state index in [1.807, 2.05) is 29.2 Å². The average molecular weight is 321 g/mol. The van der Waals surface area contributed by atoms with E-state index in [1.165, 1.54) is 0 Å². The fourth-order valence-electron chi connectivity index (χ4n) is 2.90. The van der Waals surface area contributed by atoms with E-state index in [-0.39, 0.29) is 25.3 Å². The van der Waals surface area contributed by atoms with Crippen molar-refractivity contribution >= 4 is 11.6 Å². The van der Waals surface area contributed by atoms with Gasteiger partial charge in [-0.3, -0.25) is 4.79 Å². The van der Waals surface area contributed by atoms with Gasteiger partial charge >= 0.3 is 0 Å². The molecule has 1 heterocycles. The first-order valence-corrected chi connectivity index (χ1v) is 7.99. The molecule has 0 fully saturated rings. The minimum Gasteiger partial charge on any atom is -0.362 e. The van der Waals surface area contributed by atoms with Crippen LogP contribution >= 0.6 is 0 Å². The van der Waals surface area contributed by atoms with Gasteiger partial charge in [-0.15, -0.1) is 0 Å². The molecule has 0 atom stereocenters. The van der Waals surface area contributed by atoms with Gasteiger partial charge in [-0.2, -0.15) is 15.8 Å². The van der Waals surface area contributed by atoms with Gasteiger partial charge < -0.3 is 9.80 Å². The van der Waals surface area contributed by atoms with Gasteiger partial charge in [-0.1, -0.05) is 0 Å². The van der Waals surface area contributed by atoms with Crippen LogP contribution in [0.15, 0.2) is 18.2 Å². The van der Waals surface area contributed by atoms with Crippen molar-refractivity contribution in [3.05, 3.63) is 29.3 Å². The lowest BCUT2D eigenvalue weighted by Gasteiger charge is -2.32. The SMILES string of the molecule is N#CCCN(CCC#N)C(=O)CN1CCCc2cc(C#N)ccc21. The van der Waals surface area contributed by atoms with Crippen LogP contribution in [0.5, 0.6) is 0 Å². The van der Waals surface area contributed by atoms with Crippen LogP contribution in [-0.2, 0) is 11.2 Å². The summed E-state index contributed by atoms with van der Waals surface area (Å²) >= 11 is 0. The summed E-state index contributed by atoms with van der Waals surface area (Å²) in [6.07, 6.45) is 2.37. The second-order valence-corrected chi connectivity index (χ2v) is 5.68. The van der Waals surface area contributed by atoms with Crippen molar-refractivity contribution in [3.63, 3.8) is 0 Å². The van der Waals surface area contributed by atoms with E-state index in [1.54, 1.807) is 11.0 Å². The van der Waals surface area contributed by atoms with Crippen LogP contribution in [0.3, 0.4) is 0 Å². The maximum atomic E-state index is 12.6. The molecule has 0 aromatic heterocycles. The molecule has 1 amide bonds. The van der Waals surface area contributed by atoms with Crippen LogP contribution in [0, 0.1) is 34.0 Å². The minimum atomic E-state index is -0.0716. The molecule has 122 valence electrons. The Kier molecular flexibility index (Phi) is 6.17. The van der Waals surface area contributed by atoms with Gasteiger partial charge in [0.05, 0.1) is 43.2 Å². The Labute approximate surface area is 142 Å². The zero-order valence-electron chi connectivity index (χ0n) is 13.5. The number of aryl methyl sites for hydroxylation is 1. The van der Waals surface area contributed by atoms with Gasteiger partial charge in [-0.25, -0.2) is 0 Å². The summed E-state index contributed by atoms with van der Waals surface area (Å²) in [4.78, 5) is 16.2. The zero-order chi connectivity index (χ0) is 17.4. The van der Waals surface area contributed by atoms with Crippen molar-refractivity contribution < 1.29 is 4.79 Å². The molecule has 0 unspecified atom stereocenters. The summed E-state index contributed by atoms with van der Waals surface area (Å²) in [6, 6.07) is 11.8. The van der Waals surface area contributed by atoms with Gasteiger partial charge in [-0.05, 0) is 36.6 Å². The molecule has 1 aromatic carbocycles. The fourth-order valence-corrected chi connectivity index (χ4v) is 2.90. The lowest BCUT2D eigenvalue weighted by molar-refractivity contribution is -0.129. The zero-order valence-corrected chi connectivity index (χ0v) is 13.5. The third kappa shape index (κ3) is 4.24. The molecule has 1 aliphatic heterocycles. The lowest BCUT2D eigenvalue weighted by Crippen LogP contribution is -2.43. The monoisotopic (exact) mass is 321 g/mol. The number of hydrogen-bond donors (Lipinski definition) is 0. The van der Waals surface area contributed by atoms with Crippen LogP contribution in [-0.4, -0.2) is 37.0 Å². The standard InChI is InChI=1S/C18H19N5O/c19-7-2-10-22(11-3-8-20)18(24)14-23-9-1-4-16-12-15(13-21)5-6-17(16)23/h5-6,12H,1-4,9-11,14H2. The summed E-state index contributed by atoms with van der Waals surface area (Å²) in [5, 5.41) is 26.5. The number of carbonyl (C=O) groups is 1. The molecule has 0 saturated carbocycles. The Morgan fingerprint density at radius 3 is 2.50 bits per heavy atom. The van der Waals surface area contributed by atoms with Crippen molar-refractivity contribution in [1.29, 1.82) is 15.8 Å². The highest BCUT2D eigenvalue weighted by Crippen LogP contribution is 2.27. The largest absolute Gasteiger partial charge is 0.362 e. The molecule has 0 aliphatic carbocycles. The number of fused-ring (bicyclic) bond motifs is 1. The van der Waals surface area contributed by atoms with E-state index < -0.39 is 0 Å². The maximum absolute atomic E-state index is 12.6. The van der Waals surface area contributed by atoms with Crippen LogP contribution in [0.2, 0.25) is 0 Å². The van der Waals surface area contributed by atoms with Gasteiger partial charge in [0.15, 0.2) is 0 Å². The van der Waals surface area contributed by atoms with Gasteiger partial charge in [0.2, 0.25) is 5.91 Å². The molecule has 24 heavy (non-hydrogen) atoms. The molecule has 0 saturated heterocycles. The number of hydrogen-bond acceptors (Lipinski definition) is 5. The number of rotatable bonds is 6. The normalized spacial score (nSPS) is 12.5. The Hall–Kier alpha value is -3.04. The van der Waals surface area contributed by atoms with Crippen molar-refractivity contribution in [2.24, 2.45) is 0 Å². The first-order chi connectivity index (χ1) is 11.7. The Bertz CT molecular complexity index is 704. The first kappa shape index (κ1) is 17.3. The molecule has 6 heteroatoms. The second kappa shape index (κ2) is 8.56. The van der Waals surface area contributed by atoms with E-state index in [0.717, 1.165) is 30.6 Å². The second-order valence-electron chi connectivity index (χ2n) is 5.68. The summed E-state index contributed by atoms with van der Waals surface area (Å²) in [5.41, 5.74) is 2.72. The van der Waals surface area contributed by atoms with E-state index in [9.17, 15) is 4.79 Å². The minimum absolute atomic E-state index is 0.0716. The van der Waals surface area contributed by atoms with Crippen LogP contribution in [0.25, 0.3) is 0 Å². The van der Waals surface area contributed by atoms with Gasteiger partial charge in [0.1, 0.15) is 0 Å². The Morgan fingerprint density at radius 2 is 1.88 bits per heavy atom. The number of amides is 1. The number of nitrogens with zero attached hydrogens (tertiary/aromatic N) is 5. The van der Waals surface area contributed by atoms with E-state index in [0.29, 0.717) is 18.7 Å². The summed E-state index contributed by atoms with van der Waals surface area (Å²) < 4.78 is 0. The van der Waals surface area contributed by atoms with E-state index in [2.05, 4.69) is 6.07 Å². The maximum Gasteiger partial charge on any atom is 0.242 e. The van der Waals surface area contributed by atoms with Crippen molar-refractivity contribution in [2.45, 2.75) is 25.7 Å². The van der Waals surface area contributed by atoms with Gasteiger partial charge in [0, 0.05) is 25.3 Å². The Morgan fingerprint density at radius 1 is 1.17 bits per heavy atom. The molecular formula is C18H19N5O. The van der Waals surface area contributed by atoms with Crippen LogP contribution in [0.1, 0.15) is 30.4 Å². The molecule has 1 aliphatic rings. The molecular weight excluding hydrogens is 302 g/mol. The average Bonchev–Trinajstić information content (AvgIpc) is 2.61. The smallest absolute Gasteiger partial charge is 0.242 e. The van der Waals surface area contributed by atoms with Crippen LogP contribution in [0.4, 0.5) is 5.69 Å². The number of nitriles is 3. The van der Waals surface area contributed by atoms with Crippen molar-refractivity contribution in [2.75, 3.05) is 31.1 Å². The number of benzene rings is 1. The fraction of sp³-hybridized carbons (Fsp3) is 0.444. The third-order valence-corrected chi connectivity index (χ3v) is 4.09. The first-order valence-electron chi connectivity index (χ1n) is 7.99. The van der Waals surface area contributed by atoms with E-state index >= 15 is 0 Å². The van der Waals surface area contributed by atoms with Crippen LogP contribution < -0.4 is 4.90 Å². The molecule has 0 bridgehead atoms. The molecule has 0 spiro atoms. The van der Waals surface area contributed by atoms with Gasteiger partial charge in [0.25, 0.3) is 0 Å². The molecule has 1 aromatic rings. The number of anilines is 1. The van der Waals surface area contributed by atoms with E-state index in [4.69, 9.17) is 15.8 Å². The molecule has 6 nitrogen and oxygen atoms in total. The Balaban J connectivity index is 2.10. The summed E-state index contributed by atoms with van der Waals surface area (Å²) in [7, 11) is 0. The highest BCUT2D eigenvalue weighted by atomic mass is 16.2. The molecule has 2 rings (SSSR count). The van der Waals surface area contributed by atoms with Crippen molar-refractivity contribution in [3.8, 4) is 18.2 Å². The summed E-state index contributed by atoms with van der Waals surface area (Å²) in [6.45, 7) is 1.72.